The summed E-state index contributed by atoms with van der Waals surface area (Å²) in [5.74, 6) is 0.0262. The van der Waals surface area contributed by atoms with Crippen molar-refractivity contribution in [2.45, 2.75) is 45.4 Å². The zero-order chi connectivity index (χ0) is 22.1. The molecule has 2 aromatic heterocycles. The van der Waals surface area contributed by atoms with Crippen LogP contribution in [-0.2, 0) is 34.7 Å². The Bertz CT molecular complexity index is 1040. The van der Waals surface area contributed by atoms with Crippen molar-refractivity contribution in [2.75, 3.05) is 19.2 Å². The zero-order valence-corrected chi connectivity index (χ0v) is 17.9. The average Bonchev–Trinajstić information content (AvgIpc) is 3.07. The van der Waals surface area contributed by atoms with Crippen LogP contribution in [-0.4, -0.2) is 50.8 Å². The number of nitrogens with zero attached hydrogens (tertiary/aromatic N) is 3. The van der Waals surface area contributed by atoms with E-state index in [1.165, 1.54) is 13.0 Å². The first-order chi connectivity index (χ1) is 14.0. The fourth-order valence-electron chi connectivity index (χ4n) is 2.76. The van der Waals surface area contributed by atoms with Crippen molar-refractivity contribution in [3.8, 4) is 0 Å². The standard InChI is InChI=1S/C16H24N5O8P/c1-9(2)27-15(23)25-8-26-30(4,24)29-28-16(5-10(16)3)6-21-7-18-11-12(21)19-14(17)20-13(11)22/h7,9-10H,5-6,8H2,1-4H3,(H3,17,19,20,22). The number of H-pyrrole nitrogens is 1. The van der Waals surface area contributed by atoms with Gasteiger partial charge in [-0.3, -0.25) is 18.9 Å². The molecule has 0 radical (unpaired) electrons. The molecule has 0 bridgehead atoms. The van der Waals surface area contributed by atoms with Gasteiger partial charge in [-0.05, 0) is 26.2 Å². The Balaban J connectivity index is 1.60. The molecule has 0 aliphatic heterocycles. The molecule has 30 heavy (non-hydrogen) atoms. The van der Waals surface area contributed by atoms with Gasteiger partial charge in [0.1, 0.15) is 5.60 Å². The van der Waals surface area contributed by atoms with Crippen LogP contribution < -0.4 is 11.3 Å². The van der Waals surface area contributed by atoms with E-state index in [4.69, 9.17) is 24.6 Å². The first-order valence-corrected chi connectivity index (χ1v) is 11.1. The molecule has 0 aromatic carbocycles. The Morgan fingerprint density at radius 3 is 2.83 bits per heavy atom. The van der Waals surface area contributed by atoms with E-state index in [0.29, 0.717) is 12.1 Å². The van der Waals surface area contributed by atoms with Crippen LogP contribution in [0.25, 0.3) is 11.2 Å². The van der Waals surface area contributed by atoms with Gasteiger partial charge < -0.3 is 19.8 Å². The Morgan fingerprint density at radius 1 is 1.50 bits per heavy atom. The molecular formula is C16H24N5O8P. The SMILES string of the molecule is CC(C)OC(=O)OCOP(C)(=O)OOC1(Cn2cnc3c(=O)[nH]c(N)nc32)CC1C. The maximum atomic E-state index is 12.4. The highest BCUT2D eigenvalue weighted by molar-refractivity contribution is 7.52. The maximum absolute atomic E-state index is 12.4. The number of nitrogens with two attached hydrogens (primary N) is 1. The van der Waals surface area contributed by atoms with Gasteiger partial charge in [0.2, 0.25) is 12.7 Å². The summed E-state index contributed by atoms with van der Waals surface area (Å²) in [6, 6.07) is 0. The minimum atomic E-state index is -3.69. The highest BCUT2D eigenvalue weighted by atomic mass is 31.2. The maximum Gasteiger partial charge on any atom is 0.510 e. The van der Waals surface area contributed by atoms with Gasteiger partial charge in [0.25, 0.3) is 5.56 Å². The molecular weight excluding hydrogens is 421 g/mol. The number of fused-ring (bicyclic) bond motifs is 1. The highest BCUT2D eigenvalue weighted by Gasteiger charge is 2.55. The van der Waals surface area contributed by atoms with E-state index in [0.717, 1.165) is 0 Å². The molecule has 2 heterocycles. The lowest BCUT2D eigenvalue weighted by atomic mass is 10.3. The molecule has 1 aliphatic rings. The van der Waals surface area contributed by atoms with Gasteiger partial charge in [-0.15, -0.1) is 4.67 Å². The van der Waals surface area contributed by atoms with Gasteiger partial charge >= 0.3 is 13.8 Å². The number of rotatable bonds is 9. The Kier molecular flexibility index (Phi) is 6.18. The third kappa shape index (κ3) is 5.17. The fraction of sp³-hybridized carbons (Fsp3) is 0.625. The minimum absolute atomic E-state index is 0.0354. The second-order valence-corrected chi connectivity index (χ2v) is 9.35. The first-order valence-electron chi connectivity index (χ1n) is 9.15. The third-order valence-corrected chi connectivity index (χ3v) is 5.38. The second kappa shape index (κ2) is 8.34. The summed E-state index contributed by atoms with van der Waals surface area (Å²) in [5.41, 5.74) is 4.78. The lowest BCUT2D eigenvalue weighted by Crippen LogP contribution is -2.24. The number of ether oxygens (including phenoxy) is 2. The molecule has 14 heteroatoms. The van der Waals surface area contributed by atoms with Crippen LogP contribution >= 0.6 is 7.60 Å². The van der Waals surface area contributed by atoms with Crippen LogP contribution in [0.2, 0.25) is 0 Å². The Hall–Kier alpha value is -2.47. The largest absolute Gasteiger partial charge is 0.510 e. The summed E-state index contributed by atoms with van der Waals surface area (Å²) in [4.78, 5) is 39.2. The molecule has 166 valence electrons. The van der Waals surface area contributed by atoms with Crippen molar-refractivity contribution >= 4 is 30.9 Å². The number of carbonyl (C=O) groups is 1. The minimum Gasteiger partial charge on any atom is -0.432 e. The number of nitrogens with one attached hydrogen (secondary N) is 1. The van der Waals surface area contributed by atoms with Crippen LogP contribution in [0.3, 0.4) is 0 Å². The number of hydrogen-bond acceptors (Lipinski definition) is 11. The number of anilines is 1. The van der Waals surface area contributed by atoms with E-state index in [2.05, 4.69) is 19.7 Å². The Morgan fingerprint density at radius 2 is 2.20 bits per heavy atom. The molecule has 1 fully saturated rings. The number of nitrogen functional groups attached to an aromatic ring is 1. The van der Waals surface area contributed by atoms with Crippen molar-refractivity contribution < 1.29 is 32.9 Å². The Labute approximate surface area is 171 Å². The summed E-state index contributed by atoms with van der Waals surface area (Å²) in [7, 11) is -3.69. The van der Waals surface area contributed by atoms with Crippen LogP contribution in [0.4, 0.5) is 10.7 Å². The summed E-state index contributed by atoms with van der Waals surface area (Å²) in [6.45, 7) is 6.02. The summed E-state index contributed by atoms with van der Waals surface area (Å²) >= 11 is 0. The van der Waals surface area contributed by atoms with Gasteiger partial charge in [0.15, 0.2) is 11.2 Å². The van der Waals surface area contributed by atoms with Crippen molar-refractivity contribution in [1.82, 2.24) is 19.5 Å². The van der Waals surface area contributed by atoms with Crippen LogP contribution in [0.1, 0.15) is 27.2 Å². The monoisotopic (exact) mass is 445 g/mol. The van der Waals surface area contributed by atoms with Crippen LogP contribution in [0, 0.1) is 5.92 Å². The molecule has 1 saturated carbocycles. The van der Waals surface area contributed by atoms with Gasteiger partial charge in [-0.25, -0.2) is 14.7 Å². The van der Waals surface area contributed by atoms with Crippen LogP contribution in [0.5, 0.6) is 0 Å². The van der Waals surface area contributed by atoms with Gasteiger partial charge in [0.05, 0.1) is 19.0 Å². The highest BCUT2D eigenvalue weighted by Crippen LogP contribution is 2.53. The molecule has 13 nitrogen and oxygen atoms in total. The lowest BCUT2D eigenvalue weighted by Gasteiger charge is -2.20. The van der Waals surface area contributed by atoms with Gasteiger partial charge in [-0.1, -0.05) is 6.92 Å². The van der Waals surface area contributed by atoms with E-state index in [1.807, 2.05) is 6.92 Å². The smallest absolute Gasteiger partial charge is 0.432 e. The van der Waals surface area contributed by atoms with E-state index in [-0.39, 0.29) is 30.0 Å². The number of hydrogen-bond donors (Lipinski definition) is 2. The number of imidazole rings is 1. The van der Waals surface area contributed by atoms with Crippen LogP contribution in [0.15, 0.2) is 11.1 Å². The van der Waals surface area contributed by atoms with E-state index in [1.54, 1.807) is 18.4 Å². The number of aromatic nitrogens is 4. The second-order valence-electron chi connectivity index (χ2n) is 7.40. The van der Waals surface area contributed by atoms with Crippen molar-refractivity contribution in [3.05, 3.63) is 16.7 Å². The summed E-state index contributed by atoms with van der Waals surface area (Å²) in [5, 5.41) is 0. The molecule has 0 saturated heterocycles. The quantitative estimate of drug-likeness (QED) is 0.190. The molecule has 3 rings (SSSR count). The number of aromatic amines is 1. The molecule has 3 unspecified atom stereocenters. The molecule has 1 aliphatic carbocycles. The first kappa shape index (κ1) is 22.2. The van der Waals surface area contributed by atoms with Gasteiger partial charge in [0, 0.05) is 6.66 Å². The molecule has 3 atom stereocenters. The lowest BCUT2D eigenvalue weighted by molar-refractivity contribution is -0.272. The average molecular weight is 445 g/mol. The molecule has 0 amide bonds. The number of carbonyl (C=O) groups excluding carboxylic acids is 1. The topological polar surface area (TPSA) is 170 Å². The summed E-state index contributed by atoms with van der Waals surface area (Å²) < 4.78 is 33.5. The van der Waals surface area contributed by atoms with Crippen molar-refractivity contribution in [1.29, 1.82) is 0 Å². The van der Waals surface area contributed by atoms with Crippen molar-refractivity contribution in [3.63, 3.8) is 0 Å². The molecule has 0 spiro atoms. The fourth-order valence-corrected chi connectivity index (χ4v) is 3.33. The zero-order valence-electron chi connectivity index (χ0n) is 17.0. The third-order valence-electron chi connectivity index (χ3n) is 4.46. The molecule has 2 aromatic rings. The molecule has 3 N–H and O–H groups in total. The predicted molar refractivity (Wildman–Crippen MR) is 103 cm³/mol. The predicted octanol–water partition coefficient (Wildman–Crippen LogP) is 1.79. The van der Waals surface area contributed by atoms with E-state index in [9.17, 15) is 14.2 Å². The van der Waals surface area contributed by atoms with Crippen molar-refractivity contribution in [2.24, 2.45) is 5.92 Å². The summed E-state index contributed by atoms with van der Waals surface area (Å²) in [6.07, 6.45) is 0.731. The van der Waals surface area contributed by atoms with Gasteiger partial charge in [-0.2, -0.15) is 4.98 Å². The normalized spacial score (nSPS) is 22.8. The van der Waals surface area contributed by atoms with E-state index < -0.39 is 31.7 Å². The van der Waals surface area contributed by atoms with E-state index >= 15 is 0 Å².